The Balaban J connectivity index is 2.47. The van der Waals surface area contributed by atoms with E-state index in [2.05, 4.69) is 26.1 Å². The second-order valence-electron chi connectivity index (χ2n) is 5.53. The minimum atomic E-state index is 0.536. The maximum absolute atomic E-state index is 5.27. The lowest BCUT2D eigenvalue weighted by Gasteiger charge is -2.37. The van der Waals surface area contributed by atoms with E-state index in [4.69, 9.17) is 4.74 Å². The fourth-order valence-electron chi connectivity index (χ4n) is 2.95. The first-order valence-corrected chi connectivity index (χ1v) is 6.94. The van der Waals surface area contributed by atoms with E-state index in [1.807, 2.05) is 0 Å². The highest BCUT2D eigenvalue weighted by Crippen LogP contribution is 2.30. The quantitative estimate of drug-likeness (QED) is 0.752. The Hall–Kier alpha value is -0.0800. The van der Waals surface area contributed by atoms with E-state index in [1.165, 1.54) is 25.7 Å². The molecule has 0 aromatic carbocycles. The molecule has 0 heterocycles. The summed E-state index contributed by atoms with van der Waals surface area (Å²) in [5.74, 6) is 1.66. The third kappa shape index (κ3) is 4.06. The van der Waals surface area contributed by atoms with E-state index < -0.39 is 0 Å². The van der Waals surface area contributed by atoms with Crippen LogP contribution in [0.25, 0.3) is 0 Å². The molecular weight excluding hydrogens is 198 g/mol. The summed E-state index contributed by atoms with van der Waals surface area (Å²) in [5.41, 5.74) is 0. The SMILES string of the molecule is CCC(COC)NC1CCCCC1C(C)C. The van der Waals surface area contributed by atoms with E-state index in [0.717, 1.165) is 24.9 Å². The van der Waals surface area contributed by atoms with Crippen molar-refractivity contribution in [1.29, 1.82) is 0 Å². The Bertz CT molecular complexity index is 182. The highest BCUT2D eigenvalue weighted by atomic mass is 16.5. The van der Waals surface area contributed by atoms with Gasteiger partial charge in [0.05, 0.1) is 6.61 Å². The van der Waals surface area contributed by atoms with Crippen molar-refractivity contribution in [2.24, 2.45) is 11.8 Å². The predicted octanol–water partition coefficient (Wildman–Crippen LogP) is 3.22. The topological polar surface area (TPSA) is 21.3 Å². The van der Waals surface area contributed by atoms with Gasteiger partial charge < -0.3 is 10.1 Å². The van der Waals surface area contributed by atoms with Gasteiger partial charge >= 0.3 is 0 Å². The van der Waals surface area contributed by atoms with Gasteiger partial charge in [-0.25, -0.2) is 0 Å². The van der Waals surface area contributed by atoms with Gasteiger partial charge in [-0.3, -0.25) is 0 Å². The summed E-state index contributed by atoms with van der Waals surface area (Å²) in [7, 11) is 1.80. The van der Waals surface area contributed by atoms with Crippen LogP contribution in [-0.4, -0.2) is 25.8 Å². The zero-order chi connectivity index (χ0) is 12.0. The molecule has 1 saturated carbocycles. The van der Waals surface area contributed by atoms with Crippen molar-refractivity contribution in [2.45, 2.75) is 65.0 Å². The van der Waals surface area contributed by atoms with Crippen LogP contribution in [0.4, 0.5) is 0 Å². The van der Waals surface area contributed by atoms with Crippen molar-refractivity contribution in [3.05, 3.63) is 0 Å². The molecule has 0 amide bonds. The lowest BCUT2D eigenvalue weighted by atomic mass is 9.77. The molecule has 0 radical (unpaired) electrons. The van der Waals surface area contributed by atoms with Gasteiger partial charge in [0.1, 0.15) is 0 Å². The fraction of sp³-hybridized carbons (Fsp3) is 1.00. The molecule has 0 spiro atoms. The van der Waals surface area contributed by atoms with E-state index in [-0.39, 0.29) is 0 Å². The number of methoxy groups -OCH3 is 1. The monoisotopic (exact) mass is 227 g/mol. The normalized spacial score (nSPS) is 28.3. The van der Waals surface area contributed by atoms with Gasteiger partial charge in [-0.15, -0.1) is 0 Å². The van der Waals surface area contributed by atoms with Gasteiger partial charge in [0.25, 0.3) is 0 Å². The van der Waals surface area contributed by atoms with Crippen molar-refractivity contribution in [2.75, 3.05) is 13.7 Å². The third-order valence-electron chi connectivity index (χ3n) is 3.99. The van der Waals surface area contributed by atoms with Crippen LogP contribution >= 0.6 is 0 Å². The van der Waals surface area contributed by atoms with Gasteiger partial charge in [-0.2, -0.15) is 0 Å². The molecule has 3 unspecified atom stereocenters. The first-order valence-electron chi connectivity index (χ1n) is 6.94. The third-order valence-corrected chi connectivity index (χ3v) is 3.99. The van der Waals surface area contributed by atoms with Crippen LogP contribution in [-0.2, 0) is 4.74 Å². The van der Waals surface area contributed by atoms with Crippen molar-refractivity contribution < 1.29 is 4.74 Å². The van der Waals surface area contributed by atoms with E-state index >= 15 is 0 Å². The maximum atomic E-state index is 5.27. The van der Waals surface area contributed by atoms with E-state index in [0.29, 0.717) is 12.1 Å². The van der Waals surface area contributed by atoms with Gasteiger partial charge in [0, 0.05) is 19.2 Å². The first-order chi connectivity index (χ1) is 7.69. The minimum absolute atomic E-state index is 0.536. The van der Waals surface area contributed by atoms with Gasteiger partial charge in [-0.1, -0.05) is 33.6 Å². The van der Waals surface area contributed by atoms with E-state index in [1.54, 1.807) is 7.11 Å². The second kappa shape index (κ2) is 7.29. The number of ether oxygens (including phenoxy) is 1. The van der Waals surface area contributed by atoms with Crippen LogP contribution in [0.5, 0.6) is 0 Å². The minimum Gasteiger partial charge on any atom is -0.383 e. The highest BCUT2D eigenvalue weighted by Gasteiger charge is 2.28. The van der Waals surface area contributed by atoms with Crippen molar-refractivity contribution in [3.63, 3.8) is 0 Å². The molecule has 16 heavy (non-hydrogen) atoms. The summed E-state index contributed by atoms with van der Waals surface area (Å²) in [6.45, 7) is 7.81. The van der Waals surface area contributed by atoms with Gasteiger partial charge in [0.15, 0.2) is 0 Å². The number of nitrogens with one attached hydrogen (secondary N) is 1. The van der Waals surface area contributed by atoms with E-state index in [9.17, 15) is 0 Å². The number of rotatable bonds is 6. The van der Waals surface area contributed by atoms with Crippen molar-refractivity contribution >= 4 is 0 Å². The smallest absolute Gasteiger partial charge is 0.0615 e. The largest absolute Gasteiger partial charge is 0.383 e. The molecule has 96 valence electrons. The molecule has 0 aromatic rings. The number of hydrogen-bond acceptors (Lipinski definition) is 2. The molecule has 3 atom stereocenters. The molecule has 0 aliphatic heterocycles. The van der Waals surface area contributed by atoms with Gasteiger partial charge in [0.2, 0.25) is 0 Å². The second-order valence-corrected chi connectivity index (χ2v) is 5.53. The summed E-state index contributed by atoms with van der Waals surface area (Å²) in [6.07, 6.45) is 6.73. The number of hydrogen-bond donors (Lipinski definition) is 1. The summed E-state index contributed by atoms with van der Waals surface area (Å²) >= 11 is 0. The maximum Gasteiger partial charge on any atom is 0.0615 e. The zero-order valence-electron chi connectivity index (χ0n) is 11.5. The molecule has 2 heteroatoms. The fourth-order valence-corrected chi connectivity index (χ4v) is 2.95. The summed E-state index contributed by atoms with van der Waals surface area (Å²) in [5, 5.41) is 3.81. The average molecular weight is 227 g/mol. The van der Waals surface area contributed by atoms with Crippen LogP contribution < -0.4 is 5.32 Å². The molecule has 2 nitrogen and oxygen atoms in total. The molecule has 1 aliphatic carbocycles. The first kappa shape index (κ1) is 14.0. The van der Waals surface area contributed by atoms with Crippen molar-refractivity contribution in [1.82, 2.24) is 5.32 Å². The Morgan fingerprint density at radius 2 is 1.94 bits per heavy atom. The van der Waals surface area contributed by atoms with Crippen LogP contribution in [0, 0.1) is 11.8 Å². The zero-order valence-corrected chi connectivity index (χ0v) is 11.5. The Morgan fingerprint density at radius 3 is 2.50 bits per heavy atom. The highest BCUT2D eigenvalue weighted by molar-refractivity contribution is 4.85. The Morgan fingerprint density at radius 1 is 1.25 bits per heavy atom. The lowest BCUT2D eigenvalue weighted by molar-refractivity contribution is 0.131. The average Bonchev–Trinajstić information content (AvgIpc) is 2.29. The van der Waals surface area contributed by atoms with Crippen molar-refractivity contribution in [3.8, 4) is 0 Å². The summed E-state index contributed by atoms with van der Waals surface area (Å²) in [4.78, 5) is 0. The van der Waals surface area contributed by atoms with Crippen LogP contribution in [0.1, 0.15) is 52.9 Å². The molecule has 0 saturated heterocycles. The van der Waals surface area contributed by atoms with Gasteiger partial charge in [-0.05, 0) is 31.1 Å². The van der Waals surface area contributed by atoms with Crippen LogP contribution in [0.3, 0.4) is 0 Å². The Kier molecular flexibility index (Phi) is 6.37. The molecular formula is C14H29NO. The van der Waals surface area contributed by atoms with Crippen LogP contribution in [0.2, 0.25) is 0 Å². The molecule has 0 bridgehead atoms. The Labute approximate surface area is 101 Å². The standard InChI is InChI=1S/C14H29NO/c1-5-12(10-16-4)15-14-9-7-6-8-13(14)11(2)3/h11-15H,5-10H2,1-4H3. The molecule has 1 N–H and O–H groups in total. The molecule has 0 aromatic heterocycles. The molecule has 1 fully saturated rings. The summed E-state index contributed by atoms with van der Waals surface area (Å²) < 4.78 is 5.27. The molecule has 1 rings (SSSR count). The predicted molar refractivity (Wildman–Crippen MR) is 69.7 cm³/mol. The van der Waals surface area contributed by atoms with Crippen LogP contribution in [0.15, 0.2) is 0 Å². The lowest BCUT2D eigenvalue weighted by Crippen LogP contribution is -2.47. The molecule has 1 aliphatic rings. The summed E-state index contributed by atoms with van der Waals surface area (Å²) in [6, 6.07) is 1.25.